The van der Waals surface area contributed by atoms with E-state index in [4.69, 9.17) is 0 Å². The maximum atomic E-state index is 4.53. The monoisotopic (exact) mass is 324 g/mol. The molecule has 96 valence electrons. The number of halogens is 1. The van der Waals surface area contributed by atoms with Crippen LogP contribution in [-0.2, 0) is 6.42 Å². The summed E-state index contributed by atoms with van der Waals surface area (Å²) in [7, 11) is 2.00. The third-order valence-corrected chi connectivity index (χ3v) is 4.86. The molecule has 1 unspecified atom stereocenters. The Morgan fingerprint density at radius 3 is 2.72 bits per heavy atom. The van der Waals surface area contributed by atoms with Crippen LogP contribution in [-0.4, -0.2) is 12.0 Å². The fraction of sp³-hybridized carbons (Fsp3) is 0.357. The first-order valence-corrected chi connectivity index (χ1v) is 7.61. The first-order chi connectivity index (χ1) is 8.60. The van der Waals surface area contributed by atoms with E-state index in [1.54, 1.807) is 11.3 Å². The molecule has 18 heavy (non-hydrogen) atoms. The minimum atomic E-state index is 0.322. The van der Waals surface area contributed by atoms with E-state index in [9.17, 15) is 0 Å². The van der Waals surface area contributed by atoms with Crippen molar-refractivity contribution < 1.29 is 0 Å². The molecule has 0 radical (unpaired) electrons. The van der Waals surface area contributed by atoms with Crippen LogP contribution in [0.3, 0.4) is 0 Å². The van der Waals surface area contributed by atoms with Gasteiger partial charge in [0.1, 0.15) is 0 Å². The molecule has 1 atom stereocenters. The lowest BCUT2D eigenvalue weighted by atomic mass is 10.0. The van der Waals surface area contributed by atoms with Gasteiger partial charge in [0, 0.05) is 28.0 Å². The van der Waals surface area contributed by atoms with E-state index in [1.807, 2.05) is 14.0 Å². The number of benzene rings is 1. The number of nitrogens with one attached hydrogen (secondary N) is 1. The molecule has 2 aromatic rings. The van der Waals surface area contributed by atoms with E-state index in [0.717, 1.165) is 16.6 Å². The van der Waals surface area contributed by atoms with Crippen molar-refractivity contribution in [3.8, 4) is 0 Å². The molecule has 0 aliphatic heterocycles. The summed E-state index contributed by atoms with van der Waals surface area (Å²) in [5.41, 5.74) is 3.69. The summed E-state index contributed by atoms with van der Waals surface area (Å²) >= 11 is 5.27. The van der Waals surface area contributed by atoms with Crippen LogP contribution in [0.15, 0.2) is 28.1 Å². The van der Waals surface area contributed by atoms with Gasteiger partial charge in [0.15, 0.2) is 0 Å². The summed E-state index contributed by atoms with van der Waals surface area (Å²) < 4.78 is 1.16. The van der Waals surface area contributed by atoms with Gasteiger partial charge in [0.05, 0.1) is 5.01 Å². The van der Waals surface area contributed by atoms with E-state index in [2.05, 4.69) is 56.7 Å². The predicted octanol–water partition coefficient (Wildman–Crippen LogP) is 4.03. The largest absolute Gasteiger partial charge is 0.313 e. The summed E-state index contributed by atoms with van der Waals surface area (Å²) in [5.74, 6) is 0. The molecular formula is C14H17BrN2S. The van der Waals surface area contributed by atoms with Crippen molar-refractivity contribution in [2.75, 3.05) is 7.05 Å². The molecule has 0 fully saturated rings. The summed E-state index contributed by atoms with van der Waals surface area (Å²) in [4.78, 5) is 4.53. The lowest BCUT2D eigenvalue weighted by Gasteiger charge is -2.16. The quantitative estimate of drug-likeness (QED) is 0.918. The lowest BCUT2D eigenvalue weighted by molar-refractivity contribution is 0.589. The van der Waals surface area contributed by atoms with Crippen LogP contribution in [0.4, 0.5) is 0 Å². The molecule has 0 bridgehead atoms. The highest BCUT2D eigenvalue weighted by Gasteiger charge is 2.13. The first kappa shape index (κ1) is 13.7. The molecule has 0 saturated heterocycles. The topological polar surface area (TPSA) is 24.9 Å². The molecule has 0 amide bonds. The van der Waals surface area contributed by atoms with E-state index in [-0.39, 0.29) is 0 Å². The number of hydrogen-bond acceptors (Lipinski definition) is 3. The standard InChI is InChI=1S/C14H17BrN2S/c1-9-6-11(4-5-12(9)15)13(16-3)7-14-17-10(2)8-18-14/h4-6,8,13,16H,7H2,1-3H3. The fourth-order valence-corrected chi connectivity index (χ4v) is 3.01. The van der Waals surface area contributed by atoms with Crippen molar-refractivity contribution in [2.24, 2.45) is 0 Å². The van der Waals surface area contributed by atoms with E-state index in [0.29, 0.717) is 6.04 Å². The Morgan fingerprint density at radius 2 is 2.17 bits per heavy atom. The Bertz CT molecular complexity index is 536. The molecule has 2 rings (SSSR count). The maximum absolute atomic E-state index is 4.53. The number of likely N-dealkylation sites (N-methyl/N-ethyl adjacent to an activating group) is 1. The average Bonchev–Trinajstić information content (AvgIpc) is 2.75. The highest BCUT2D eigenvalue weighted by Crippen LogP contribution is 2.24. The molecule has 1 aromatic heterocycles. The predicted molar refractivity (Wildman–Crippen MR) is 81.2 cm³/mol. The molecule has 1 heterocycles. The minimum Gasteiger partial charge on any atom is -0.313 e. The number of aryl methyl sites for hydroxylation is 2. The van der Waals surface area contributed by atoms with Crippen molar-refractivity contribution in [2.45, 2.75) is 26.3 Å². The Hall–Kier alpha value is -0.710. The number of hydrogen-bond donors (Lipinski definition) is 1. The van der Waals surface area contributed by atoms with E-state index < -0.39 is 0 Å². The molecule has 4 heteroatoms. The van der Waals surface area contributed by atoms with Crippen LogP contribution in [0.1, 0.15) is 27.9 Å². The van der Waals surface area contributed by atoms with Crippen LogP contribution in [0, 0.1) is 13.8 Å². The summed E-state index contributed by atoms with van der Waals surface area (Å²) in [6.07, 6.45) is 0.941. The van der Waals surface area contributed by atoms with Crippen LogP contribution in [0.2, 0.25) is 0 Å². The van der Waals surface area contributed by atoms with Gasteiger partial charge in [-0.1, -0.05) is 28.1 Å². The van der Waals surface area contributed by atoms with Gasteiger partial charge in [-0.25, -0.2) is 4.98 Å². The average molecular weight is 325 g/mol. The third-order valence-electron chi connectivity index (χ3n) is 2.98. The summed E-state index contributed by atoms with van der Waals surface area (Å²) in [5, 5.41) is 6.67. The number of nitrogens with zero attached hydrogens (tertiary/aromatic N) is 1. The van der Waals surface area contributed by atoms with Crippen LogP contribution < -0.4 is 5.32 Å². The fourth-order valence-electron chi connectivity index (χ4n) is 1.94. The lowest BCUT2D eigenvalue weighted by Crippen LogP contribution is -2.18. The molecule has 1 N–H and O–H groups in total. The van der Waals surface area contributed by atoms with Crippen LogP contribution >= 0.6 is 27.3 Å². The summed E-state index contributed by atoms with van der Waals surface area (Å²) in [6, 6.07) is 6.83. The van der Waals surface area contributed by atoms with E-state index >= 15 is 0 Å². The number of rotatable bonds is 4. The maximum Gasteiger partial charge on any atom is 0.0947 e. The van der Waals surface area contributed by atoms with Crippen molar-refractivity contribution in [1.29, 1.82) is 0 Å². The van der Waals surface area contributed by atoms with Crippen LogP contribution in [0.25, 0.3) is 0 Å². The zero-order valence-corrected chi connectivity index (χ0v) is 13.2. The van der Waals surface area contributed by atoms with Crippen molar-refractivity contribution in [3.05, 3.63) is 49.9 Å². The van der Waals surface area contributed by atoms with Gasteiger partial charge >= 0.3 is 0 Å². The molecule has 0 aliphatic rings. The Labute approximate surface area is 121 Å². The van der Waals surface area contributed by atoms with Crippen molar-refractivity contribution in [3.63, 3.8) is 0 Å². The molecular weight excluding hydrogens is 308 g/mol. The molecule has 2 nitrogen and oxygen atoms in total. The Balaban J connectivity index is 2.19. The normalized spacial score (nSPS) is 12.7. The van der Waals surface area contributed by atoms with Gasteiger partial charge in [-0.2, -0.15) is 0 Å². The van der Waals surface area contributed by atoms with Gasteiger partial charge in [-0.05, 0) is 38.1 Å². The number of thiazole rings is 1. The Morgan fingerprint density at radius 1 is 1.39 bits per heavy atom. The molecule has 1 aromatic carbocycles. The van der Waals surface area contributed by atoms with Gasteiger partial charge in [0.2, 0.25) is 0 Å². The zero-order valence-electron chi connectivity index (χ0n) is 10.8. The first-order valence-electron chi connectivity index (χ1n) is 5.94. The highest BCUT2D eigenvalue weighted by atomic mass is 79.9. The van der Waals surface area contributed by atoms with Crippen LogP contribution in [0.5, 0.6) is 0 Å². The number of aromatic nitrogens is 1. The molecule has 0 spiro atoms. The highest BCUT2D eigenvalue weighted by molar-refractivity contribution is 9.10. The zero-order chi connectivity index (χ0) is 13.1. The van der Waals surface area contributed by atoms with Gasteiger partial charge < -0.3 is 5.32 Å². The van der Waals surface area contributed by atoms with Gasteiger partial charge in [-0.15, -0.1) is 11.3 Å². The SMILES string of the molecule is CNC(Cc1nc(C)cs1)c1ccc(Br)c(C)c1. The van der Waals surface area contributed by atoms with Gasteiger partial charge in [0.25, 0.3) is 0 Å². The molecule has 0 aliphatic carbocycles. The second-order valence-electron chi connectivity index (χ2n) is 4.44. The third kappa shape index (κ3) is 3.19. The summed E-state index contributed by atoms with van der Waals surface area (Å²) in [6.45, 7) is 4.16. The van der Waals surface area contributed by atoms with Crippen molar-refractivity contribution in [1.82, 2.24) is 10.3 Å². The minimum absolute atomic E-state index is 0.322. The Kier molecular flexibility index (Phi) is 4.54. The van der Waals surface area contributed by atoms with Crippen molar-refractivity contribution >= 4 is 27.3 Å². The second-order valence-corrected chi connectivity index (χ2v) is 6.23. The van der Waals surface area contributed by atoms with Gasteiger partial charge in [-0.3, -0.25) is 0 Å². The molecule has 0 saturated carbocycles. The van der Waals surface area contributed by atoms with E-state index in [1.165, 1.54) is 16.1 Å². The second kappa shape index (κ2) is 5.95. The smallest absolute Gasteiger partial charge is 0.0947 e.